The molecule has 0 bridgehead atoms. The van der Waals surface area contributed by atoms with Crippen molar-refractivity contribution >= 4 is 95.5 Å². The molecule has 0 radical (unpaired) electrons. The molecule has 2 aromatic carbocycles. The first kappa shape index (κ1) is 71.1. The number of carbonyl (C=O) groups excluding carboxylic acids is 11. The van der Waals surface area contributed by atoms with E-state index in [4.69, 9.17) is 28.7 Å². The van der Waals surface area contributed by atoms with Crippen LogP contribution in [0, 0.1) is 0 Å². The van der Waals surface area contributed by atoms with E-state index in [1.807, 2.05) is 0 Å². The van der Waals surface area contributed by atoms with Gasteiger partial charge in [-0.1, -0.05) is 72.8 Å². The van der Waals surface area contributed by atoms with Crippen molar-refractivity contribution in [3.63, 3.8) is 0 Å². The molecule has 470 valence electrons. The summed E-state index contributed by atoms with van der Waals surface area (Å²) in [6, 6.07) is 2.65. The van der Waals surface area contributed by atoms with Gasteiger partial charge >= 0.3 is 11.9 Å². The minimum Gasteiger partial charge on any atom is -0.481 e. The standard InChI is InChI=1S/C53H76N16O16S/c54-18-8-7-15-33(63-45(78)31(55)28-86)47(80)64-32(16-9-19-59-53(57)58)46(79)61-26-41(72)69-20-10-17-39(69)52(85)60-25-40(71)62-38(27-70)51(84)68-37(24-43(75)76)50(83)66-35(22-30-13-5-2-6-14-30)48(81)67-36(23-42(73)74)49(82)65-34(44(56)77)21-29-11-3-1-4-12-29/h1-6,9,11-14,16,31-39,70,86H,7-8,10,15,17-28,54-55H2,(H2,56,77)(H,60,85)(H,61,79)(H,62,71)(H,63,78)(H,64,80)(H,65,82)(H,66,83)(H,67,81)(H,68,84)(H,73,74)(H,75,76)(H4,57,58,59). The van der Waals surface area contributed by atoms with Crippen molar-refractivity contribution in [1.82, 2.24) is 52.8 Å². The number of nitrogens with two attached hydrogens (primary N) is 5. The Morgan fingerprint density at radius 1 is 0.628 bits per heavy atom. The number of amides is 11. The van der Waals surface area contributed by atoms with Gasteiger partial charge in [0.05, 0.1) is 45.1 Å². The fourth-order valence-electron chi connectivity index (χ4n) is 8.36. The number of unbranched alkanes of at least 4 members (excludes halogenated alkanes) is 1. The molecule has 1 heterocycles. The van der Waals surface area contributed by atoms with Crippen LogP contribution in [0.4, 0.5) is 0 Å². The van der Waals surface area contributed by atoms with E-state index in [1.54, 1.807) is 60.7 Å². The maximum atomic E-state index is 13.9. The van der Waals surface area contributed by atoms with Crippen LogP contribution in [-0.4, -0.2) is 203 Å². The van der Waals surface area contributed by atoms with Gasteiger partial charge in [-0.15, -0.1) is 0 Å². The van der Waals surface area contributed by atoms with Crippen molar-refractivity contribution in [2.75, 3.05) is 45.1 Å². The monoisotopic (exact) mass is 1220 g/mol. The molecule has 0 spiro atoms. The lowest BCUT2D eigenvalue weighted by Gasteiger charge is -2.26. The number of nitrogens with zero attached hydrogens (tertiary/aromatic N) is 2. The highest BCUT2D eigenvalue weighted by Gasteiger charge is 2.37. The van der Waals surface area contributed by atoms with Gasteiger partial charge in [0.2, 0.25) is 65.0 Å². The van der Waals surface area contributed by atoms with Crippen LogP contribution in [0.25, 0.3) is 0 Å². The third-order valence-corrected chi connectivity index (χ3v) is 13.2. The minimum atomic E-state index is -2.01. The second kappa shape index (κ2) is 37.2. The van der Waals surface area contributed by atoms with Crippen molar-refractivity contribution in [2.45, 2.75) is 112 Å². The second-order valence-corrected chi connectivity index (χ2v) is 19.9. The van der Waals surface area contributed by atoms with Gasteiger partial charge in [0.15, 0.2) is 5.96 Å². The number of nitrogens with one attached hydrogen (secondary N) is 9. The van der Waals surface area contributed by atoms with Crippen LogP contribution < -0.4 is 76.5 Å². The lowest BCUT2D eigenvalue weighted by molar-refractivity contribution is -0.142. The van der Waals surface area contributed by atoms with Crippen LogP contribution in [0.15, 0.2) is 77.8 Å². The molecule has 0 aliphatic carbocycles. The number of carboxylic acid groups (broad SMARTS) is 2. The quantitative estimate of drug-likeness (QED) is 0.00982. The number of aliphatic imine (C=N–C) groups is 1. The molecule has 1 aliphatic heterocycles. The zero-order chi connectivity index (χ0) is 63.9. The molecule has 33 heteroatoms. The molecule has 1 fully saturated rings. The van der Waals surface area contributed by atoms with E-state index in [0.717, 1.165) is 4.90 Å². The number of hydrogen-bond donors (Lipinski definition) is 18. The van der Waals surface area contributed by atoms with E-state index in [1.165, 1.54) is 12.2 Å². The first-order valence-electron chi connectivity index (χ1n) is 27.0. The second-order valence-electron chi connectivity index (χ2n) is 19.5. The molecule has 11 amide bonds. The predicted octanol–water partition coefficient (Wildman–Crippen LogP) is -7.27. The van der Waals surface area contributed by atoms with Crippen molar-refractivity contribution in [2.24, 2.45) is 33.7 Å². The molecular weight excluding hydrogens is 1150 g/mol. The number of carbonyl (C=O) groups is 13. The van der Waals surface area contributed by atoms with Gasteiger partial charge in [0.1, 0.15) is 48.3 Å². The van der Waals surface area contributed by atoms with Crippen LogP contribution in [0.5, 0.6) is 0 Å². The number of thiol groups is 1. The maximum Gasteiger partial charge on any atom is 0.305 e. The van der Waals surface area contributed by atoms with Gasteiger partial charge < -0.3 is 96.7 Å². The highest BCUT2D eigenvalue weighted by Crippen LogP contribution is 2.18. The van der Waals surface area contributed by atoms with Gasteiger partial charge in [-0.2, -0.15) is 12.6 Å². The number of benzene rings is 2. The lowest BCUT2D eigenvalue weighted by atomic mass is 10.0. The number of likely N-dealkylation sites (tertiary alicyclic amines) is 1. The summed E-state index contributed by atoms with van der Waals surface area (Å²) in [6.45, 7) is -2.41. The number of aliphatic hydroxyl groups is 1. The molecular formula is C53H76N16O16S. The van der Waals surface area contributed by atoms with Gasteiger partial charge in [-0.05, 0) is 49.8 Å². The van der Waals surface area contributed by atoms with Gasteiger partial charge in [-0.3, -0.25) is 62.3 Å². The summed E-state index contributed by atoms with van der Waals surface area (Å²) in [5, 5.41) is 50.5. The Kier molecular flexibility index (Phi) is 30.7. The van der Waals surface area contributed by atoms with Gasteiger partial charge in [-0.25, -0.2) is 4.99 Å². The Hall–Kier alpha value is -9.21. The number of hydrogen-bond acceptors (Lipinski definition) is 18. The van der Waals surface area contributed by atoms with Crippen LogP contribution in [0.3, 0.4) is 0 Å². The Labute approximate surface area is 499 Å². The number of carboxylic acids is 2. The molecule has 1 aliphatic rings. The summed E-state index contributed by atoms with van der Waals surface area (Å²) in [5.41, 5.74) is 28.7. The Morgan fingerprint density at radius 2 is 1.14 bits per heavy atom. The number of aliphatic carboxylic acids is 2. The first-order chi connectivity index (χ1) is 40.9. The van der Waals surface area contributed by atoms with Gasteiger partial charge in [0.25, 0.3) is 0 Å². The fourth-order valence-corrected chi connectivity index (χ4v) is 8.52. The third kappa shape index (κ3) is 25.3. The van der Waals surface area contributed by atoms with E-state index in [2.05, 4.69) is 65.5 Å². The number of rotatable bonds is 37. The highest BCUT2D eigenvalue weighted by molar-refractivity contribution is 7.80. The summed E-state index contributed by atoms with van der Waals surface area (Å²) >= 11 is 4.02. The third-order valence-electron chi connectivity index (χ3n) is 12.8. The molecule has 1 saturated heterocycles. The lowest BCUT2D eigenvalue weighted by Crippen LogP contribution is -2.60. The van der Waals surface area contributed by atoms with Crippen molar-refractivity contribution < 1.29 is 77.6 Å². The van der Waals surface area contributed by atoms with Crippen molar-refractivity contribution in [3.8, 4) is 0 Å². The number of guanidine groups is 1. The first-order valence-corrected chi connectivity index (χ1v) is 27.7. The van der Waals surface area contributed by atoms with Crippen molar-refractivity contribution in [1.29, 1.82) is 0 Å². The van der Waals surface area contributed by atoms with E-state index in [-0.39, 0.29) is 50.5 Å². The molecule has 32 nitrogen and oxygen atoms in total. The normalized spacial score (nSPS) is 15.5. The fraction of sp³-hybridized carbons (Fsp3) is 0.472. The van der Waals surface area contributed by atoms with E-state index < -0.39 is 164 Å². The molecule has 3 rings (SSSR count). The van der Waals surface area contributed by atoms with Crippen LogP contribution >= 0.6 is 12.6 Å². The van der Waals surface area contributed by atoms with Crippen molar-refractivity contribution in [3.05, 3.63) is 83.9 Å². The van der Waals surface area contributed by atoms with Crippen LogP contribution in [0.1, 0.15) is 56.1 Å². The molecule has 9 unspecified atom stereocenters. The molecule has 86 heavy (non-hydrogen) atoms. The topological polar surface area (TPSA) is 537 Å². The summed E-state index contributed by atoms with van der Waals surface area (Å²) in [4.78, 5) is 176. The largest absolute Gasteiger partial charge is 0.481 e. The molecule has 0 saturated carbocycles. The average molecular weight is 1230 g/mol. The van der Waals surface area contributed by atoms with Crippen LogP contribution in [-0.2, 0) is 75.2 Å². The SMILES string of the molecule is NCCCCC(NC(=O)C(N)CS)C(=O)NC(C=CCN=C(N)N)C(=O)NCC(=O)N1CCCC1C(=O)NCC(=O)NC(CO)C(=O)NC(CC(=O)O)C(=O)NC(Cc1ccccc1)C(=O)NC(CC(=O)O)C(=O)NC(Cc1ccccc1)C(N)=O. The predicted molar refractivity (Wildman–Crippen MR) is 310 cm³/mol. The van der Waals surface area contributed by atoms with E-state index in [9.17, 15) is 77.6 Å². The zero-order valence-corrected chi connectivity index (χ0v) is 47.7. The number of aliphatic hydroxyl groups excluding tert-OH is 1. The van der Waals surface area contributed by atoms with Gasteiger partial charge in [0, 0.05) is 25.1 Å². The smallest absolute Gasteiger partial charge is 0.305 e. The molecule has 0 aromatic heterocycles. The Morgan fingerprint density at radius 3 is 1.66 bits per heavy atom. The maximum absolute atomic E-state index is 13.9. The summed E-state index contributed by atoms with van der Waals surface area (Å²) in [5.74, 6) is -14.3. The molecule has 9 atom stereocenters. The average Bonchev–Trinajstić information content (AvgIpc) is 4.15. The Balaban J connectivity index is 1.69. The highest BCUT2D eigenvalue weighted by atomic mass is 32.1. The summed E-state index contributed by atoms with van der Waals surface area (Å²) in [6.07, 6.45) is 1.52. The zero-order valence-electron chi connectivity index (χ0n) is 46.8. The van der Waals surface area contributed by atoms with E-state index >= 15 is 0 Å². The number of primary amides is 1. The summed E-state index contributed by atoms with van der Waals surface area (Å²) < 4.78 is 0. The Bertz CT molecular complexity index is 2760. The minimum absolute atomic E-state index is 0.0252. The molecule has 22 N–H and O–H groups in total. The molecule has 2 aromatic rings. The summed E-state index contributed by atoms with van der Waals surface area (Å²) in [7, 11) is 0. The van der Waals surface area contributed by atoms with Crippen LogP contribution in [0.2, 0.25) is 0 Å². The van der Waals surface area contributed by atoms with E-state index in [0.29, 0.717) is 36.9 Å².